The molecule has 136 valence electrons. The fourth-order valence-corrected chi connectivity index (χ4v) is 4.39. The van der Waals surface area contributed by atoms with Gasteiger partial charge in [-0.2, -0.15) is 5.10 Å². The molecule has 2 N–H and O–H groups in total. The molecule has 6 nitrogen and oxygen atoms in total. The number of carbonyl (C=O) groups excluding carboxylic acids is 2. The van der Waals surface area contributed by atoms with Crippen LogP contribution in [0.15, 0.2) is 15.9 Å². The number of ketones is 1. The van der Waals surface area contributed by atoms with Crippen LogP contribution in [-0.2, 0) is 16.6 Å². The lowest BCUT2D eigenvalue weighted by atomic mass is 9.85. The molecule has 0 bridgehead atoms. The predicted octanol–water partition coefficient (Wildman–Crippen LogP) is 3.70. The first-order chi connectivity index (χ1) is 11.8. The predicted molar refractivity (Wildman–Crippen MR) is 105 cm³/mol. The second-order valence-electron chi connectivity index (χ2n) is 5.46. The third kappa shape index (κ3) is 4.43. The molecule has 2 rings (SSSR count). The first-order valence-electron chi connectivity index (χ1n) is 7.34. The topological polar surface area (TPSA) is 76.0 Å². The van der Waals surface area contributed by atoms with Crippen molar-refractivity contribution >= 4 is 67.8 Å². The molecular weight excluding hydrogens is 451 g/mol. The van der Waals surface area contributed by atoms with Gasteiger partial charge >= 0.3 is 0 Å². The Morgan fingerprint density at radius 3 is 2.56 bits per heavy atom. The van der Waals surface area contributed by atoms with E-state index in [2.05, 4.69) is 31.7 Å². The number of aromatic nitrogens is 2. The number of likely N-dealkylation sites (N-methyl/N-ethyl adjacent to an activating group) is 1. The minimum Gasteiger partial charge on any atom is -0.323 e. The summed E-state index contributed by atoms with van der Waals surface area (Å²) in [7, 11) is 3.48. The zero-order valence-corrected chi connectivity index (χ0v) is 17.7. The van der Waals surface area contributed by atoms with Crippen molar-refractivity contribution in [3.63, 3.8) is 0 Å². The summed E-state index contributed by atoms with van der Waals surface area (Å²) < 4.78 is 2.62. The van der Waals surface area contributed by atoms with Crippen molar-refractivity contribution in [1.82, 2.24) is 15.1 Å². The van der Waals surface area contributed by atoms with E-state index < -0.39 is 17.7 Å². The number of thiophene rings is 1. The molecule has 0 fully saturated rings. The van der Waals surface area contributed by atoms with E-state index in [9.17, 15) is 9.59 Å². The maximum absolute atomic E-state index is 12.8. The smallest absolute Gasteiger partial charge is 0.235 e. The molecule has 2 aromatic heterocycles. The molecule has 1 amide bonds. The fraction of sp³-hybridized carbons (Fsp3) is 0.400. The van der Waals surface area contributed by atoms with Crippen molar-refractivity contribution in [2.24, 2.45) is 13.0 Å². The van der Waals surface area contributed by atoms with Gasteiger partial charge in [-0.15, -0.1) is 11.3 Å². The number of carbonyl (C=O) groups is 2. The van der Waals surface area contributed by atoms with Gasteiger partial charge in [0.1, 0.15) is 16.0 Å². The van der Waals surface area contributed by atoms with Crippen LogP contribution in [-0.4, -0.2) is 35.1 Å². The van der Waals surface area contributed by atoms with Gasteiger partial charge in [-0.25, -0.2) is 0 Å². The standard InChI is InChI=1S/C15H17BrCl2N4O2S/c1-7(23)10(15(24)20-9-4-5-25-14(9)18)8(6-19-2)12-11(16)13(17)21-22(12)3/h4-5,8,10,19H,6H2,1-3H3,(H,20,24)/t8-,10-/m0/s1. The molecule has 10 heteroatoms. The molecule has 0 unspecified atom stereocenters. The summed E-state index contributed by atoms with van der Waals surface area (Å²) in [6.45, 7) is 1.79. The number of rotatable bonds is 7. The third-order valence-corrected chi connectivity index (χ3v) is 6.21. The maximum Gasteiger partial charge on any atom is 0.235 e. The molecule has 0 radical (unpaired) electrons. The van der Waals surface area contributed by atoms with E-state index in [1.165, 1.54) is 18.3 Å². The second-order valence-corrected chi connectivity index (χ2v) is 8.13. The van der Waals surface area contributed by atoms with Crippen LogP contribution >= 0.6 is 50.5 Å². The Morgan fingerprint density at radius 2 is 2.12 bits per heavy atom. The number of aryl methyl sites for hydroxylation is 1. The highest BCUT2D eigenvalue weighted by Crippen LogP contribution is 2.36. The molecule has 25 heavy (non-hydrogen) atoms. The van der Waals surface area contributed by atoms with Crippen molar-refractivity contribution in [1.29, 1.82) is 0 Å². The molecule has 0 aromatic carbocycles. The fourth-order valence-electron chi connectivity index (χ4n) is 2.72. The van der Waals surface area contributed by atoms with Gasteiger partial charge < -0.3 is 10.6 Å². The summed E-state index contributed by atoms with van der Waals surface area (Å²) in [5.74, 6) is -2.06. The van der Waals surface area contributed by atoms with Crippen LogP contribution in [0.5, 0.6) is 0 Å². The lowest BCUT2D eigenvalue weighted by molar-refractivity contribution is -0.130. The summed E-state index contributed by atoms with van der Waals surface area (Å²) >= 11 is 16.8. The number of Topliss-reactive ketones (excluding diaryl/α,β-unsaturated/α-hetero) is 1. The third-order valence-electron chi connectivity index (χ3n) is 3.77. The molecule has 0 aliphatic rings. The number of halogens is 3. The van der Waals surface area contributed by atoms with E-state index >= 15 is 0 Å². The monoisotopic (exact) mass is 466 g/mol. The van der Waals surface area contributed by atoms with Gasteiger partial charge in [-0.05, 0) is 41.3 Å². The van der Waals surface area contributed by atoms with E-state index in [-0.39, 0.29) is 10.9 Å². The number of hydrogen-bond donors (Lipinski definition) is 2. The van der Waals surface area contributed by atoms with E-state index in [0.717, 1.165) is 0 Å². The summed E-state index contributed by atoms with van der Waals surface area (Å²) in [6.07, 6.45) is 0. The van der Waals surface area contributed by atoms with Crippen molar-refractivity contribution in [3.05, 3.63) is 31.1 Å². The Morgan fingerprint density at radius 1 is 1.44 bits per heavy atom. The van der Waals surface area contributed by atoms with Crippen molar-refractivity contribution in [2.75, 3.05) is 18.9 Å². The van der Waals surface area contributed by atoms with E-state index in [0.29, 0.717) is 26.7 Å². The van der Waals surface area contributed by atoms with Crippen LogP contribution in [0.25, 0.3) is 0 Å². The maximum atomic E-state index is 12.8. The van der Waals surface area contributed by atoms with Crippen LogP contribution in [0.1, 0.15) is 18.5 Å². The Balaban J connectivity index is 2.42. The van der Waals surface area contributed by atoms with Crippen molar-refractivity contribution < 1.29 is 9.59 Å². The number of nitrogens with one attached hydrogen (secondary N) is 2. The Hall–Kier alpha value is -0.930. The average Bonchev–Trinajstić information content (AvgIpc) is 3.02. The SMILES string of the molecule is CNC[C@H](c1c(Br)c(Cl)nn1C)[C@H](C(C)=O)C(=O)Nc1ccsc1Cl. The zero-order valence-electron chi connectivity index (χ0n) is 13.8. The molecule has 0 spiro atoms. The molecule has 2 heterocycles. The van der Waals surface area contributed by atoms with Gasteiger partial charge in [0.2, 0.25) is 5.91 Å². The summed E-state index contributed by atoms with van der Waals surface area (Å²) in [4.78, 5) is 25.2. The van der Waals surface area contributed by atoms with Crippen molar-refractivity contribution in [2.45, 2.75) is 12.8 Å². The molecule has 0 aliphatic heterocycles. The van der Waals surface area contributed by atoms with E-state index in [1.54, 1.807) is 30.2 Å². The number of anilines is 1. The molecular formula is C15H17BrCl2N4O2S. The highest BCUT2D eigenvalue weighted by Gasteiger charge is 2.37. The van der Waals surface area contributed by atoms with Gasteiger partial charge in [-0.1, -0.05) is 23.2 Å². The first kappa shape index (κ1) is 20.4. The lowest BCUT2D eigenvalue weighted by Crippen LogP contribution is -2.38. The average molecular weight is 468 g/mol. The molecule has 2 aromatic rings. The van der Waals surface area contributed by atoms with Crippen LogP contribution in [0.3, 0.4) is 0 Å². The van der Waals surface area contributed by atoms with E-state index in [4.69, 9.17) is 23.2 Å². The summed E-state index contributed by atoms with van der Waals surface area (Å²) in [6, 6.07) is 1.70. The zero-order chi connectivity index (χ0) is 18.7. The Labute approximate surface area is 168 Å². The second kappa shape index (κ2) is 8.64. The van der Waals surface area contributed by atoms with Crippen LogP contribution in [0.2, 0.25) is 9.49 Å². The van der Waals surface area contributed by atoms with Gasteiger partial charge in [0.05, 0.1) is 15.9 Å². The quantitative estimate of drug-likeness (QED) is 0.608. The summed E-state index contributed by atoms with van der Waals surface area (Å²) in [5, 5.41) is 12.0. The van der Waals surface area contributed by atoms with Gasteiger partial charge in [0, 0.05) is 19.5 Å². The van der Waals surface area contributed by atoms with Crippen LogP contribution in [0.4, 0.5) is 5.69 Å². The van der Waals surface area contributed by atoms with Gasteiger partial charge in [0.15, 0.2) is 5.15 Å². The Bertz CT molecular complexity index is 793. The highest BCUT2D eigenvalue weighted by molar-refractivity contribution is 9.10. The van der Waals surface area contributed by atoms with Crippen LogP contribution < -0.4 is 10.6 Å². The molecule has 0 saturated carbocycles. The molecule has 2 atom stereocenters. The number of nitrogens with zero attached hydrogens (tertiary/aromatic N) is 2. The van der Waals surface area contributed by atoms with Crippen LogP contribution in [0, 0.1) is 5.92 Å². The minimum absolute atomic E-state index is 0.256. The normalized spacial score (nSPS) is 13.5. The minimum atomic E-state index is -0.925. The lowest BCUT2D eigenvalue weighted by Gasteiger charge is -2.25. The number of amides is 1. The summed E-state index contributed by atoms with van der Waals surface area (Å²) in [5.41, 5.74) is 1.17. The van der Waals surface area contributed by atoms with Gasteiger partial charge in [0.25, 0.3) is 0 Å². The number of hydrogen-bond acceptors (Lipinski definition) is 5. The van der Waals surface area contributed by atoms with E-state index in [1.807, 2.05) is 0 Å². The highest BCUT2D eigenvalue weighted by atomic mass is 79.9. The largest absolute Gasteiger partial charge is 0.323 e. The molecule has 0 aliphatic carbocycles. The Kier molecular flexibility index (Phi) is 7.04. The van der Waals surface area contributed by atoms with Gasteiger partial charge in [-0.3, -0.25) is 14.3 Å². The first-order valence-corrected chi connectivity index (χ1v) is 9.77. The van der Waals surface area contributed by atoms with Crippen molar-refractivity contribution in [3.8, 4) is 0 Å². The molecule has 0 saturated heterocycles.